The average molecular weight is 592 g/mol. The molecule has 3 nitrogen and oxygen atoms in total. The van der Waals surface area contributed by atoms with Crippen molar-refractivity contribution in [1.29, 1.82) is 5.26 Å². The Hall–Kier alpha value is -3.52. The second kappa shape index (κ2) is 9.74. The van der Waals surface area contributed by atoms with E-state index in [0.29, 0.717) is 11.3 Å². The summed E-state index contributed by atoms with van der Waals surface area (Å²) in [6.07, 6.45) is 0. The fourth-order valence-electron chi connectivity index (χ4n) is 3.42. The minimum atomic E-state index is -0.406. The largest absolute Gasteiger partial charge is 0.301 e. The second-order valence-corrected chi connectivity index (χ2v) is 7.69. The average Bonchev–Trinajstić information content (AvgIpc) is 2.84. The van der Waals surface area contributed by atoms with E-state index in [1.165, 1.54) is 0 Å². The summed E-state index contributed by atoms with van der Waals surface area (Å²) < 4.78 is 0. The van der Waals surface area contributed by atoms with E-state index in [2.05, 4.69) is 43.0 Å². The zero-order valence-electron chi connectivity index (χ0n) is 17.6. The van der Waals surface area contributed by atoms with Crippen molar-refractivity contribution in [3.63, 3.8) is 0 Å². The van der Waals surface area contributed by atoms with Gasteiger partial charge in [0.1, 0.15) is 5.69 Å². The van der Waals surface area contributed by atoms with Gasteiger partial charge in [-0.2, -0.15) is 47.7 Å². The van der Waals surface area contributed by atoms with Crippen LogP contribution >= 0.6 is 0 Å². The maximum atomic E-state index is 9.19. The van der Waals surface area contributed by atoms with E-state index in [-0.39, 0.29) is 21.1 Å². The summed E-state index contributed by atoms with van der Waals surface area (Å²) in [7, 11) is 0. The van der Waals surface area contributed by atoms with Crippen molar-refractivity contribution in [1.82, 2.24) is 4.98 Å². The molecule has 0 radical (unpaired) electrons. The van der Waals surface area contributed by atoms with E-state index >= 15 is 0 Å². The molecule has 0 saturated heterocycles. The SMILES string of the molecule is [C-]#[N+]c1cc[c-]c(-c2cccc(C(C)(C)c3[c-]c(-c4[c-]ccc(C#N)c4)ccc3)n2)c1.[Pt]. The van der Waals surface area contributed by atoms with Crippen LogP contribution in [0, 0.1) is 36.1 Å². The summed E-state index contributed by atoms with van der Waals surface area (Å²) >= 11 is 0. The Morgan fingerprint density at radius 2 is 1.69 bits per heavy atom. The van der Waals surface area contributed by atoms with Gasteiger partial charge in [-0.25, -0.2) is 11.1 Å². The topological polar surface area (TPSA) is 41.0 Å². The van der Waals surface area contributed by atoms with Crippen LogP contribution in [0.5, 0.6) is 0 Å². The first-order chi connectivity index (χ1) is 15.0. The molecule has 3 aromatic carbocycles. The van der Waals surface area contributed by atoms with Gasteiger partial charge in [0.2, 0.25) is 0 Å². The van der Waals surface area contributed by atoms with Crippen LogP contribution in [0.2, 0.25) is 0 Å². The van der Waals surface area contributed by atoms with E-state index in [9.17, 15) is 5.26 Å². The van der Waals surface area contributed by atoms with Crippen molar-refractivity contribution in [3.8, 4) is 28.5 Å². The quantitative estimate of drug-likeness (QED) is 0.252. The molecule has 4 rings (SSSR count). The number of aromatic nitrogens is 1. The van der Waals surface area contributed by atoms with Crippen molar-refractivity contribution in [2.45, 2.75) is 19.3 Å². The van der Waals surface area contributed by atoms with Gasteiger partial charge >= 0.3 is 0 Å². The van der Waals surface area contributed by atoms with Crippen LogP contribution in [0.25, 0.3) is 27.2 Å². The zero-order chi connectivity index (χ0) is 21.8. The van der Waals surface area contributed by atoms with E-state index in [0.717, 1.165) is 33.6 Å². The molecule has 0 spiro atoms. The van der Waals surface area contributed by atoms with E-state index in [4.69, 9.17) is 11.6 Å². The maximum Gasteiger partial charge on any atom is 0.108 e. The Kier molecular flexibility index (Phi) is 7.04. The number of benzene rings is 3. The Bertz CT molecular complexity index is 1240. The van der Waals surface area contributed by atoms with Crippen molar-refractivity contribution in [2.75, 3.05) is 0 Å². The second-order valence-electron chi connectivity index (χ2n) is 7.69. The first kappa shape index (κ1) is 23.1. The molecule has 4 aromatic rings. The third kappa shape index (κ3) is 4.70. The summed E-state index contributed by atoms with van der Waals surface area (Å²) in [4.78, 5) is 8.39. The minimum Gasteiger partial charge on any atom is -0.301 e. The summed E-state index contributed by atoms with van der Waals surface area (Å²) in [5, 5.41) is 9.19. The molecular formula is C28H18N3Pt-3. The smallest absolute Gasteiger partial charge is 0.108 e. The van der Waals surface area contributed by atoms with Gasteiger partial charge in [-0.3, -0.25) is 4.85 Å². The number of nitriles is 1. The van der Waals surface area contributed by atoms with Crippen molar-refractivity contribution >= 4 is 5.69 Å². The third-order valence-corrected chi connectivity index (χ3v) is 5.27. The summed E-state index contributed by atoms with van der Waals surface area (Å²) in [5.41, 5.74) is 5.95. The van der Waals surface area contributed by atoms with Crippen LogP contribution < -0.4 is 0 Å². The molecule has 0 aliphatic heterocycles. The molecule has 0 unspecified atom stereocenters. The predicted molar refractivity (Wildman–Crippen MR) is 121 cm³/mol. The monoisotopic (exact) mass is 591 g/mol. The van der Waals surface area contributed by atoms with Gasteiger partial charge < -0.3 is 4.98 Å². The normalized spacial score (nSPS) is 10.5. The van der Waals surface area contributed by atoms with Crippen LogP contribution in [-0.4, -0.2) is 4.98 Å². The fourth-order valence-corrected chi connectivity index (χ4v) is 3.42. The number of pyridine rings is 1. The summed E-state index contributed by atoms with van der Waals surface area (Å²) in [5.74, 6) is 0. The molecule has 0 aliphatic carbocycles. The van der Waals surface area contributed by atoms with Crippen LogP contribution in [0.15, 0.2) is 72.8 Å². The molecule has 0 bridgehead atoms. The molecule has 158 valence electrons. The molecule has 4 heteroatoms. The van der Waals surface area contributed by atoms with Gasteiger partial charge in [0, 0.05) is 32.2 Å². The van der Waals surface area contributed by atoms with Crippen molar-refractivity contribution in [2.24, 2.45) is 0 Å². The minimum absolute atomic E-state index is 0. The predicted octanol–water partition coefficient (Wildman–Crippen LogP) is 6.56. The van der Waals surface area contributed by atoms with E-state index in [1.54, 1.807) is 30.3 Å². The van der Waals surface area contributed by atoms with E-state index < -0.39 is 5.41 Å². The molecule has 1 aromatic heterocycles. The first-order valence-corrected chi connectivity index (χ1v) is 9.83. The molecule has 1 heterocycles. The standard InChI is InChI=1S/C28H18N3.Pt/c1-28(2,24-12-5-10-22(17-24)21-9-4-8-20(16-21)19-29)27-15-7-14-26(31-27)23-11-6-13-25(18-23)30-3;/h4-8,10,12-16,18H,1-2H3;/q-3;. The zero-order valence-corrected chi connectivity index (χ0v) is 19.9. The Morgan fingerprint density at radius 3 is 2.47 bits per heavy atom. The van der Waals surface area contributed by atoms with E-state index in [1.807, 2.05) is 42.5 Å². The molecular weight excluding hydrogens is 573 g/mol. The van der Waals surface area contributed by atoms with Crippen LogP contribution in [0.1, 0.15) is 30.7 Å². The Morgan fingerprint density at radius 1 is 0.938 bits per heavy atom. The summed E-state index contributed by atoms with van der Waals surface area (Å²) in [6, 6.07) is 34.6. The number of nitrogens with zero attached hydrogens (tertiary/aromatic N) is 3. The van der Waals surface area contributed by atoms with Gasteiger partial charge in [-0.1, -0.05) is 26.0 Å². The summed E-state index contributed by atoms with van der Waals surface area (Å²) in [6.45, 7) is 11.5. The third-order valence-electron chi connectivity index (χ3n) is 5.27. The molecule has 0 atom stereocenters. The van der Waals surface area contributed by atoms with Crippen LogP contribution in [0.4, 0.5) is 5.69 Å². The van der Waals surface area contributed by atoms with Gasteiger partial charge in [0.25, 0.3) is 0 Å². The Balaban J connectivity index is 0.00000289. The molecule has 0 N–H and O–H groups in total. The van der Waals surface area contributed by atoms with Gasteiger partial charge in [0.05, 0.1) is 12.6 Å². The molecule has 0 fully saturated rings. The van der Waals surface area contributed by atoms with Crippen LogP contribution in [-0.2, 0) is 26.5 Å². The Labute approximate surface area is 203 Å². The van der Waals surface area contributed by atoms with Gasteiger partial charge in [0.15, 0.2) is 0 Å². The van der Waals surface area contributed by atoms with Crippen molar-refractivity contribution < 1.29 is 21.1 Å². The number of hydrogen-bond acceptors (Lipinski definition) is 2. The van der Waals surface area contributed by atoms with Crippen LogP contribution in [0.3, 0.4) is 0 Å². The van der Waals surface area contributed by atoms with Crippen molar-refractivity contribution in [3.05, 3.63) is 119 Å². The van der Waals surface area contributed by atoms with Gasteiger partial charge in [-0.15, -0.1) is 41.5 Å². The molecule has 0 saturated carbocycles. The molecule has 0 aliphatic rings. The fraction of sp³-hybridized carbons (Fsp3) is 0.107. The molecule has 32 heavy (non-hydrogen) atoms. The maximum absolute atomic E-state index is 9.19. The first-order valence-electron chi connectivity index (χ1n) is 9.83. The number of rotatable bonds is 4. The number of hydrogen-bond donors (Lipinski definition) is 0. The molecule has 0 amide bonds. The van der Waals surface area contributed by atoms with Gasteiger partial charge in [-0.05, 0) is 17.3 Å².